The maximum atomic E-state index is 2.23. The Morgan fingerprint density at radius 2 is 0.778 bits per heavy atom. The van der Waals surface area contributed by atoms with Crippen LogP contribution in [0.5, 0.6) is 0 Å². The van der Waals surface area contributed by atoms with Gasteiger partial charge < -0.3 is 18.8 Å². The van der Waals surface area contributed by atoms with Crippen molar-refractivity contribution in [3.63, 3.8) is 0 Å². The van der Waals surface area contributed by atoms with E-state index in [-0.39, 0.29) is 0 Å². The average molecular weight is 262 g/mol. The number of hydrogen-bond acceptors (Lipinski definition) is 2. The maximum absolute atomic E-state index is 2.23. The van der Waals surface area contributed by atoms with E-state index < -0.39 is 0 Å². The molecule has 0 saturated carbocycles. The van der Waals surface area contributed by atoms with Crippen molar-refractivity contribution in [2.24, 2.45) is 0 Å². The minimum atomic E-state index is 1.06. The van der Waals surface area contributed by atoms with Gasteiger partial charge in [0.15, 0.2) is 0 Å². The lowest BCUT2D eigenvalue weighted by Gasteiger charge is -2.30. The highest BCUT2D eigenvalue weighted by molar-refractivity contribution is 4.45. The summed E-state index contributed by atoms with van der Waals surface area (Å²) in [7, 11) is 21.7. The summed E-state index contributed by atoms with van der Waals surface area (Å²) in [6.45, 7) is 4.77. The van der Waals surface area contributed by atoms with Crippen molar-refractivity contribution in [2.45, 2.75) is 0 Å². The fraction of sp³-hybridized carbons (Fsp3) is 1.00. The summed E-state index contributed by atoms with van der Waals surface area (Å²) in [5.41, 5.74) is 0. The first-order chi connectivity index (χ1) is 7.83. The Morgan fingerprint density at radius 1 is 0.556 bits per heavy atom. The van der Waals surface area contributed by atoms with Crippen LogP contribution >= 0.6 is 0 Å². The predicted molar refractivity (Wildman–Crippen MR) is 82.9 cm³/mol. The lowest BCUT2D eigenvalue weighted by molar-refractivity contribution is -0.927. The number of hydrogen-bond donors (Lipinski definition) is 0. The van der Waals surface area contributed by atoms with E-state index in [0.29, 0.717) is 0 Å². The third-order valence-electron chi connectivity index (χ3n) is 2.44. The second-order valence-corrected chi connectivity index (χ2v) is 7.63. The summed E-state index contributed by atoms with van der Waals surface area (Å²) in [6.07, 6.45) is 0. The monoisotopic (exact) mass is 262 g/mol. The molecule has 4 heteroatoms. The Balaban J connectivity index is 0. The van der Waals surface area contributed by atoms with Crippen LogP contribution in [0.4, 0.5) is 0 Å². The molecule has 0 aliphatic carbocycles. The van der Waals surface area contributed by atoms with Crippen LogP contribution in [-0.4, -0.2) is 115 Å². The molecule has 0 heterocycles. The van der Waals surface area contributed by atoms with Crippen molar-refractivity contribution < 1.29 is 8.97 Å². The molecule has 0 saturated heterocycles. The first-order valence-corrected chi connectivity index (χ1v) is 6.74. The fourth-order valence-electron chi connectivity index (χ4n) is 1.000. The first-order valence-electron chi connectivity index (χ1n) is 6.74. The van der Waals surface area contributed by atoms with E-state index in [1.165, 1.54) is 13.1 Å². The van der Waals surface area contributed by atoms with Gasteiger partial charge in [-0.25, -0.2) is 0 Å². The van der Waals surface area contributed by atoms with Gasteiger partial charge in [0.1, 0.15) is 13.1 Å². The van der Waals surface area contributed by atoms with E-state index in [4.69, 9.17) is 0 Å². The van der Waals surface area contributed by atoms with Crippen LogP contribution in [0.25, 0.3) is 0 Å². The van der Waals surface area contributed by atoms with Gasteiger partial charge >= 0.3 is 0 Å². The van der Waals surface area contributed by atoms with Gasteiger partial charge in [0, 0.05) is 13.1 Å². The number of nitrogens with zero attached hydrogens (tertiary/aromatic N) is 4. The minimum Gasteiger partial charge on any atom is -0.326 e. The second-order valence-electron chi connectivity index (χ2n) is 7.63. The molecule has 0 fully saturated rings. The molecule has 0 aromatic rings. The van der Waals surface area contributed by atoms with E-state index in [1.54, 1.807) is 0 Å². The van der Waals surface area contributed by atoms with Crippen LogP contribution in [-0.2, 0) is 0 Å². The normalized spacial score (nSPS) is 12.7. The van der Waals surface area contributed by atoms with Crippen molar-refractivity contribution in [2.75, 3.05) is 96.7 Å². The molecule has 0 aromatic heterocycles. The van der Waals surface area contributed by atoms with Crippen molar-refractivity contribution in [3.8, 4) is 0 Å². The fourth-order valence-corrected chi connectivity index (χ4v) is 1.000. The second kappa shape index (κ2) is 8.86. The number of rotatable bonds is 6. The molecule has 112 valence electrons. The standard InChI is InChI=1S/C8H22N2.C6H16N2/c1-9(2,3)7-8-10(4,5)6;1-7(2)5-6-8(3)4/h7-8H2,1-6H3;5-6H2,1-4H3/q+2;. The number of quaternary nitrogens is 2. The predicted octanol–water partition coefficient (Wildman–Crippen LogP) is 0.508. The summed E-state index contributed by atoms with van der Waals surface area (Å²) in [5.74, 6) is 0. The SMILES string of the molecule is CN(C)CCN(C)C.C[N+](C)(C)CC[N+](C)(C)C. The molecule has 0 aliphatic rings. The molecule has 0 unspecified atom stereocenters. The molecule has 0 radical (unpaired) electrons. The molecule has 0 amide bonds. The Hall–Kier alpha value is -0.160. The molecule has 0 atom stereocenters. The highest BCUT2D eigenvalue weighted by Gasteiger charge is 2.13. The van der Waals surface area contributed by atoms with Gasteiger partial charge in [-0.2, -0.15) is 0 Å². The lowest BCUT2D eigenvalue weighted by atomic mass is 10.4. The molecule has 4 nitrogen and oxygen atoms in total. The molecule has 0 N–H and O–H groups in total. The average Bonchev–Trinajstić information content (AvgIpc) is 2.10. The summed E-state index contributed by atoms with van der Waals surface area (Å²) < 4.78 is 2.13. The van der Waals surface area contributed by atoms with Gasteiger partial charge in [0.2, 0.25) is 0 Å². The Bertz CT molecular complexity index is 165. The van der Waals surface area contributed by atoms with Crippen molar-refractivity contribution >= 4 is 0 Å². The zero-order valence-electron chi connectivity index (χ0n) is 14.6. The van der Waals surface area contributed by atoms with Gasteiger partial charge in [0.25, 0.3) is 0 Å². The van der Waals surface area contributed by atoms with E-state index in [1.807, 2.05) is 0 Å². The quantitative estimate of drug-likeness (QED) is 0.644. The first kappa shape index (κ1) is 20.2. The van der Waals surface area contributed by atoms with Gasteiger partial charge in [-0.15, -0.1) is 0 Å². The number of likely N-dealkylation sites (N-methyl/N-ethyl adjacent to an activating group) is 4. The molecular formula is C14H38N4+2. The van der Waals surface area contributed by atoms with Gasteiger partial charge in [-0.3, -0.25) is 0 Å². The van der Waals surface area contributed by atoms with E-state index >= 15 is 0 Å². The molecule has 0 spiro atoms. The third kappa shape index (κ3) is 24.9. The van der Waals surface area contributed by atoms with Gasteiger partial charge in [0.05, 0.1) is 42.3 Å². The summed E-state index contributed by atoms with van der Waals surface area (Å²) in [5, 5.41) is 0. The molecule has 0 rings (SSSR count). The highest BCUT2D eigenvalue weighted by Crippen LogP contribution is 1.94. The van der Waals surface area contributed by atoms with Gasteiger partial charge in [-0.1, -0.05) is 0 Å². The summed E-state index contributed by atoms with van der Waals surface area (Å²) in [4.78, 5) is 4.36. The highest BCUT2D eigenvalue weighted by atomic mass is 15.3. The van der Waals surface area contributed by atoms with E-state index in [2.05, 4.69) is 80.3 Å². The Labute approximate surface area is 116 Å². The molecular weight excluding hydrogens is 224 g/mol. The molecule has 0 bridgehead atoms. The third-order valence-corrected chi connectivity index (χ3v) is 2.44. The van der Waals surface area contributed by atoms with Gasteiger partial charge in [-0.05, 0) is 28.2 Å². The Morgan fingerprint density at radius 3 is 0.889 bits per heavy atom. The van der Waals surface area contributed by atoms with Crippen molar-refractivity contribution in [1.82, 2.24) is 9.80 Å². The zero-order valence-corrected chi connectivity index (χ0v) is 14.6. The largest absolute Gasteiger partial charge is 0.326 e. The van der Waals surface area contributed by atoms with Crippen LogP contribution in [0.15, 0.2) is 0 Å². The van der Waals surface area contributed by atoms with Crippen LogP contribution in [0.2, 0.25) is 0 Å². The van der Waals surface area contributed by atoms with Crippen LogP contribution < -0.4 is 0 Å². The summed E-state index contributed by atoms with van der Waals surface area (Å²) in [6, 6.07) is 0. The Kier molecular flexibility index (Phi) is 9.92. The topological polar surface area (TPSA) is 6.48 Å². The van der Waals surface area contributed by atoms with Crippen LogP contribution in [0, 0.1) is 0 Å². The lowest BCUT2D eigenvalue weighted by Crippen LogP contribution is -2.46. The van der Waals surface area contributed by atoms with Crippen LogP contribution in [0.1, 0.15) is 0 Å². The zero-order chi connectivity index (χ0) is 15.0. The molecule has 0 aromatic carbocycles. The van der Waals surface area contributed by atoms with Crippen molar-refractivity contribution in [1.29, 1.82) is 0 Å². The molecule has 18 heavy (non-hydrogen) atoms. The van der Waals surface area contributed by atoms with Crippen LogP contribution in [0.3, 0.4) is 0 Å². The van der Waals surface area contributed by atoms with E-state index in [9.17, 15) is 0 Å². The van der Waals surface area contributed by atoms with E-state index in [0.717, 1.165) is 22.1 Å². The summed E-state index contributed by atoms with van der Waals surface area (Å²) >= 11 is 0. The van der Waals surface area contributed by atoms with Crippen molar-refractivity contribution in [3.05, 3.63) is 0 Å². The minimum absolute atomic E-state index is 1.06. The maximum Gasteiger partial charge on any atom is 0.128 e. The molecule has 0 aliphatic heterocycles. The smallest absolute Gasteiger partial charge is 0.128 e.